The summed E-state index contributed by atoms with van der Waals surface area (Å²) in [5.74, 6) is 0.885. The third-order valence-corrected chi connectivity index (χ3v) is 4.14. The minimum absolute atomic E-state index is 0.167. The van der Waals surface area contributed by atoms with Crippen molar-refractivity contribution in [3.8, 4) is 5.75 Å². The highest BCUT2D eigenvalue weighted by molar-refractivity contribution is 6.01. The molecule has 1 heterocycles. The number of nitrogens with zero attached hydrogens (tertiary/aromatic N) is 1. The molecule has 1 atom stereocenters. The van der Waals surface area contributed by atoms with Crippen LogP contribution in [0.5, 0.6) is 5.75 Å². The standard InChI is InChI=1S/C19H21NO2/c1-12-9-13(2)19-16(21)11-17(22-18(19)10-12)14-5-7-15(8-6-14)20(3)4/h5-10,17H,11H2,1-4H3/t17-/m1/s1. The molecule has 2 aromatic carbocycles. The number of aryl methyl sites for hydroxylation is 2. The molecule has 0 spiro atoms. The summed E-state index contributed by atoms with van der Waals surface area (Å²) in [6, 6.07) is 12.2. The first kappa shape index (κ1) is 14.6. The number of fused-ring (bicyclic) bond motifs is 1. The Labute approximate surface area is 131 Å². The van der Waals surface area contributed by atoms with Gasteiger partial charge in [-0.15, -0.1) is 0 Å². The number of ether oxygens (including phenoxy) is 1. The van der Waals surface area contributed by atoms with Crippen molar-refractivity contribution in [2.45, 2.75) is 26.4 Å². The van der Waals surface area contributed by atoms with E-state index in [0.29, 0.717) is 6.42 Å². The highest BCUT2D eigenvalue weighted by atomic mass is 16.5. The number of carbonyl (C=O) groups is 1. The van der Waals surface area contributed by atoms with Crippen LogP contribution in [0.2, 0.25) is 0 Å². The van der Waals surface area contributed by atoms with Crippen LogP contribution < -0.4 is 9.64 Å². The number of benzene rings is 2. The molecule has 0 fully saturated rings. The quantitative estimate of drug-likeness (QED) is 0.836. The number of hydrogen-bond donors (Lipinski definition) is 0. The second-order valence-corrected chi connectivity index (χ2v) is 6.17. The van der Waals surface area contributed by atoms with E-state index in [9.17, 15) is 4.79 Å². The lowest BCUT2D eigenvalue weighted by Gasteiger charge is -2.27. The van der Waals surface area contributed by atoms with Gasteiger partial charge in [0, 0.05) is 19.8 Å². The molecule has 0 saturated carbocycles. The summed E-state index contributed by atoms with van der Waals surface area (Å²) >= 11 is 0. The van der Waals surface area contributed by atoms with Crippen molar-refractivity contribution in [1.82, 2.24) is 0 Å². The average molecular weight is 295 g/mol. The Morgan fingerprint density at radius 2 is 1.77 bits per heavy atom. The first-order valence-electron chi connectivity index (χ1n) is 7.54. The van der Waals surface area contributed by atoms with Gasteiger partial charge in [0.2, 0.25) is 0 Å². The molecule has 0 aliphatic carbocycles. The van der Waals surface area contributed by atoms with Gasteiger partial charge in [-0.25, -0.2) is 0 Å². The molecule has 3 rings (SSSR count). The lowest BCUT2D eigenvalue weighted by molar-refractivity contribution is 0.0849. The first-order valence-corrected chi connectivity index (χ1v) is 7.54. The molecule has 0 saturated heterocycles. The van der Waals surface area contributed by atoms with Gasteiger partial charge in [-0.1, -0.05) is 18.2 Å². The van der Waals surface area contributed by atoms with E-state index in [1.807, 2.05) is 52.2 Å². The average Bonchev–Trinajstić information content (AvgIpc) is 2.46. The van der Waals surface area contributed by atoms with Gasteiger partial charge in [0.15, 0.2) is 5.78 Å². The molecule has 0 unspecified atom stereocenters. The first-order chi connectivity index (χ1) is 10.5. The zero-order valence-corrected chi connectivity index (χ0v) is 13.5. The second kappa shape index (κ2) is 5.48. The maximum Gasteiger partial charge on any atom is 0.170 e. The third-order valence-electron chi connectivity index (χ3n) is 4.14. The summed E-state index contributed by atoms with van der Waals surface area (Å²) in [5.41, 5.74) is 5.04. The summed E-state index contributed by atoms with van der Waals surface area (Å²) in [6.45, 7) is 4.00. The van der Waals surface area contributed by atoms with Crippen LogP contribution in [0, 0.1) is 13.8 Å². The summed E-state index contributed by atoms with van der Waals surface area (Å²) in [6.07, 6.45) is 0.204. The third kappa shape index (κ3) is 2.59. The maximum absolute atomic E-state index is 12.5. The molecule has 22 heavy (non-hydrogen) atoms. The van der Waals surface area contributed by atoms with Gasteiger partial charge in [-0.3, -0.25) is 4.79 Å². The Hall–Kier alpha value is -2.29. The number of hydrogen-bond acceptors (Lipinski definition) is 3. The lowest BCUT2D eigenvalue weighted by Crippen LogP contribution is -2.21. The molecule has 114 valence electrons. The summed E-state index contributed by atoms with van der Waals surface area (Å²) < 4.78 is 6.12. The summed E-state index contributed by atoms with van der Waals surface area (Å²) in [4.78, 5) is 14.5. The number of ketones is 1. The predicted molar refractivity (Wildman–Crippen MR) is 89.0 cm³/mol. The van der Waals surface area contributed by atoms with Gasteiger partial charge in [-0.2, -0.15) is 0 Å². The predicted octanol–water partition coefficient (Wildman–Crippen LogP) is 4.08. The van der Waals surface area contributed by atoms with Crippen LogP contribution in [-0.2, 0) is 0 Å². The van der Waals surface area contributed by atoms with Crippen molar-refractivity contribution >= 4 is 11.5 Å². The van der Waals surface area contributed by atoms with Gasteiger partial charge in [0.1, 0.15) is 11.9 Å². The molecule has 0 aromatic heterocycles. The van der Waals surface area contributed by atoms with E-state index in [2.05, 4.69) is 17.0 Å². The minimum atomic E-state index is -0.197. The van der Waals surface area contributed by atoms with Crippen molar-refractivity contribution in [1.29, 1.82) is 0 Å². The molecule has 0 bridgehead atoms. The molecule has 0 N–H and O–H groups in total. The van der Waals surface area contributed by atoms with Crippen LogP contribution >= 0.6 is 0 Å². The van der Waals surface area contributed by atoms with Crippen molar-refractivity contribution in [2.75, 3.05) is 19.0 Å². The van der Waals surface area contributed by atoms with Crippen molar-refractivity contribution in [3.63, 3.8) is 0 Å². The lowest BCUT2D eigenvalue weighted by atomic mass is 9.92. The molecule has 0 radical (unpaired) electrons. The SMILES string of the molecule is Cc1cc(C)c2c(c1)O[C@@H](c1ccc(N(C)C)cc1)CC2=O. The highest BCUT2D eigenvalue weighted by Gasteiger charge is 2.29. The Morgan fingerprint density at radius 1 is 1.09 bits per heavy atom. The van der Waals surface area contributed by atoms with Crippen molar-refractivity contribution in [2.24, 2.45) is 0 Å². The van der Waals surface area contributed by atoms with Gasteiger partial charge in [0.05, 0.1) is 12.0 Å². The summed E-state index contributed by atoms with van der Waals surface area (Å²) in [7, 11) is 4.02. The molecule has 3 nitrogen and oxygen atoms in total. The highest BCUT2D eigenvalue weighted by Crippen LogP contribution is 2.37. The molecule has 2 aromatic rings. The van der Waals surface area contributed by atoms with Crippen LogP contribution in [0.4, 0.5) is 5.69 Å². The normalized spacial score (nSPS) is 16.9. The van der Waals surface area contributed by atoms with Crippen molar-refractivity contribution in [3.05, 3.63) is 58.7 Å². The van der Waals surface area contributed by atoms with E-state index < -0.39 is 0 Å². The zero-order chi connectivity index (χ0) is 15.9. The van der Waals surface area contributed by atoms with Crippen LogP contribution in [0.1, 0.15) is 39.6 Å². The van der Waals surface area contributed by atoms with Crippen molar-refractivity contribution < 1.29 is 9.53 Å². The fourth-order valence-electron chi connectivity index (χ4n) is 3.02. The zero-order valence-electron chi connectivity index (χ0n) is 13.5. The smallest absolute Gasteiger partial charge is 0.170 e. The van der Waals surface area contributed by atoms with Gasteiger partial charge >= 0.3 is 0 Å². The fourth-order valence-corrected chi connectivity index (χ4v) is 3.02. The number of carbonyl (C=O) groups excluding carboxylic acids is 1. The molecule has 0 amide bonds. The topological polar surface area (TPSA) is 29.5 Å². The van der Waals surface area contributed by atoms with E-state index in [0.717, 1.165) is 33.7 Å². The minimum Gasteiger partial charge on any atom is -0.484 e. The van der Waals surface area contributed by atoms with E-state index in [1.165, 1.54) is 0 Å². The Balaban J connectivity index is 1.93. The Bertz CT molecular complexity index is 717. The molecular formula is C19H21NO2. The van der Waals surface area contributed by atoms with Gasteiger partial charge in [-0.05, 0) is 48.7 Å². The molecule has 1 aliphatic heterocycles. The van der Waals surface area contributed by atoms with E-state index in [4.69, 9.17) is 4.74 Å². The molecule has 3 heteroatoms. The van der Waals surface area contributed by atoms with E-state index >= 15 is 0 Å². The van der Waals surface area contributed by atoms with Crippen LogP contribution in [-0.4, -0.2) is 19.9 Å². The van der Waals surface area contributed by atoms with E-state index in [-0.39, 0.29) is 11.9 Å². The summed E-state index contributed by atoms with van der Waals surface area (Å²) in [5, 5.41) is 0. The molecular weight excluding hydrogens is 274 g/mol. The number of Topliss-reactive ketones (excluding diaryl/α,β-unsaturated/α-hetero) is 1. The largest absolute Gasteiger partial charge is 0.484 e. The Morgan fingerprint density at radius 3 is 2.41 bits per heavy atom. The second-order valence-electron chi connectivity index (χ2n) is 6.17. The number of anilines is 1. The fraction of sp³-hybridized carbons (Fsp3) is 0.316. The van der Waals surface area contributed by atoms with Gasteiger partial charge < -0.3 is 9.64 Å². The van der Waals surface area contributed by atoms with Crippen LogP contribution in [0.15, 0.2) is 36.4 Å². The monoisotopic (exact) mass is 295 g/mol. The van der Waals surface area contributed by atoms with E-state index in [1.54, 1.807) is 0 Å². The Kier molecular flexibility index (Phi) is 3.65. The van der Waals surface area contributed by atoms with Gasteiger partial charge in [0.25, 0.3) is 0 Å². The number of rotatable bonds is 2. The van der Waals surface area contributed by atoms with Crippen LogP contribution in [0.3, 0.4) is 0 Å². The maximum atomic E-state index is 12.5. The van der Waals surface area contributed by atoms with Crippen LogP contribution in [0.25, 0.3) is 0 Å². The molecule has 1 aliphatic rings.